The van der Waals surface area contributed by atoms with Crippen LogP contribution in [0.15, 0.2) is 53.3 Å². The van der Waals surface area contributed by atoms with Gasteiger partial charge in [-0.3, -0.25) is 4.57 Å². The van der Waals surface area contributed by atoms with E-state index in [1.165, 1.54) is 0 Å². The number of benzene rings is 2. The number of aryl methyl sites for hydroxylation is 2. The van der Waals surface area contributed by atoms with Gasteiger partial charge in [0.2, 0.25) is 0 Å². The van der Waals surface area contributed by atoms with Crippen molar-refractivity contribution in [3.63, 3.8) is 0 Å². The predicted octanol–water partition coefficient (Wildman–Crippen LogP) is 4.20. The first-order valence-electron chi connectivity index (χ1n) is 11.0. The third-order valence-electron chi connectivity index (χ3n) is 5.99. The molecule has 2 heterocycles. The van der Waals surface area contributed by atoms with Gasteiger partial charge in [0.05, 0.1) is 26.3 Å². The molecule has 1 N–H and O–H groups in total. The van der Waals surface area contributed by atoms with E-state index in [9.17, 15) is 4.79 Å². The minimum atomic E-state index is -0.237. The SMILES string of the molecule is C#CCn1c(=O)[nH]c2c(N(Cc3ccc(OC)cc3)Cc3ccc(OC)cc3)nc(C)c(C)c21. The molecule has 0 fully saturated rings. The van der Waals surface area contributed by atoms with E-state index in [1.807, 2.05) is 62.4 Å². The summed E-state index contributed by atoms with van der Waals surface area (Å²) >= 11 is 0. The summed E-state index contributed by atoms with van der Waals surface area (Å²) in [4.78, 5) is 22.8. The van der Waals surface area contributed by atoms with Crippen LogP contribution in [0.5, 0.6) is 11.5 Å². The second-order valence-corrected chi connectivity index (χ2v) is 8.14. The first-order valence-corrected chi connectivity index (χ1v) is 11.0. The van der Waals surface area contributed by atoms with Gasteiger partial charge in [0.15, 0.2) is 5.82 Å². The normalized spacial score (nSPS) is 10.8. The molecule has 34 heavy (non-hydrogen) atoms. The molecule has 2 aromatic carbocycles. The van der Waals surface area contributed by atoms with E-state index in [1.54, 1.807) is 18.8 Å². The van der Waals surface area contributed by atoms with Crippen molar-refractivity contribution in [3.05, 3.63) is 81.4 Å². The molecule has 4 aromatic rings. The molecule has 0 atom stereocenters. The molecule has 4 rings (SSSR count). The third kappa shape index (κ3) is 4.48. The van der Waals surface area contributed by atoms with Crippen LogP contribution in [0.25, 0.3) is 11.0 Å². The van der Waals surface area contributed by atoms with Crippen molar-refractivity contribution < 1.29 is 9.47 Å². The van der Waals surface area contributed by atoms with Crippen molar-refractivity contribution in [1.29, 1.82) is 0 Å². The zero-order chi connectivity index (χ0) is 24.2. The Morgan fingerprint density at radius 1 is 0.971 bits per heavy atom. The highest BCUT2D eigenvalue weighted by atomic mass is 16.5. The lowest BCUT2D eigenvalue weighted by Gasteiger charge is -2.26. The first kappa shape index (κ1) is 23.0. The average Bonchev–Trinajstić information content (AvgIpc) is 3.18. The van der Waals surface area contributed by atoms with E-state index in [-0.39, 0.29) is 12.2 Å². The van der Waals surface area contributed by atoms with E-state index < -0.39 is 0 Å². The number of nitrogens with zero attached hydrogens (tertiary/aromatic N) is 3. The Morgan fingerprint density at radius 3 is 1.97 bits per heavy atom. The van der Waals surface area contributed by atoms with Crippen molar-refractivity contribution in [2.24, 2.45) is 0 Å². The molecule has 7 heteroatoms. The van der Waals surface area contributed by atoms with E-state index in [4.69, 9.17) is 20.9 Å². The summed E-state index contributed by atoms with van der Waals surface area (Å²) in [5, 5.41) is 0. The fourth-order valence-corrected chi connectivity index (χ4v) is 4.07. The molecule has 0 aliphatic rings. The van der Waals surface area contributed by atoms with Crippen LogP contribution in [0, 0.1) is 26.2 Å². The lowest BCUT2D eigenvalue weighted by Crippen LogP contribution is -2.24. The fraction of sp³-hybridized carbons (Fsp3) is 0.259. The van der Waals surface area contributed by atoms with Crippen molar-refractivity contribution in [1.82, 2.24) is 14.5 Å². The van der Waals surface area contributed by atoms with Crippen LogP contribution in [0.1, 0.15) is 22.4 Å². The summed E-state index contributed by atoms with van der Waals surface area (Å²) in [6.07, 6.45) is 5.55. The molecule has 2 aromatic heterocycles. The molecule has 0 aliphatic carbocycles. The van der Waals surface area contributed by atoms with Gasteiger partial charge >= 0.3 is 5.69 Å². The van der Waals surface area contributed by atoms with Gasteiger partial charge in [-0.25, -0.2) is 9.78 Å². The topological polar surface area (TPSA) is 72.4 Å². The standard InChI is InChI=1S/C27H28N4O3/c1-6-15-31-25-18(2)19(3)28-26(24(25)29-27(31)32)30(16-20-7-11-22(33-4)12-8-20)17-21-9-13-23(34-5)14-10-21/h1,7-14H,15-17H2,2-5H3,(H,29,32). The van der Waals surface area contributed by atoms with E-state index in [0.717, 1.165) is 39.4 Å². The number of aromatic nitrogens is 3. The Labute approximate surface area is 199 Å². The lowest BCUT2D eigenvalue weighted by molar-refractivity contribution is 0.414. The molecule has 0 radical (unpaired) electrons. The van der Waals surface area contributed by atoms with Crippen LogP contribution in [0.4, 0.5) is 5.82 Å². The number of anilines is 1. The van der Waals surface area contributed by atoms with Gasteiger partial charge in [-0.05, 0) is 54.8 Å². The number of hydrogen-bond donors (Lipinski definition) is 1. The molecule has 0 saturated carbocycles. The fourth-order valence-electron chi connectivity index (χ4n) is 4.07. The van der Waals surface area contributed by atoms with E-state index in [2.05, 4.69) is 15.8 Å². The van der Waals surface area contributed by atoms with Crippen molar-refractivity contribution in [2.45, 2.75) is 33.5 Å². The summed E-state index contributed by atoms with van der Waals surface area (Å²) < 4.78 is 12.2. The maximum atomic E-state index is 12.8. The van der Waals surface area contributed by atoms with Gasteiger partial charge in [0.1, 0.15) is 17.0 Å². The number of rotatable bonds is 8. The van der Waals surface area contributed by atoms with Crippen LogP contribution in [-0.2, 0) is 19.6 Å². The van der Waals surface area contributed by atoms with E-state index in [0.29, 0.717) is 24.4 Å². The first-order chi connectivity index (χ1) is 16.4. The van der Waals surface area contributed by atoms with Crippen LogP contribution in [0.2, 0.25) is 0 Å². The molecular weight excluding hydrogens is 428 g/mol. The summed E-state index contributed by atoms with van der Waals surface area (Å²) in [5.74, 6) is 4.89. The van der Waals surface area contributed by atoms with Gasteiger partial charge in [0.25, 0.3) is 0 Å². The second-order valence-electron chi connectivity index (χ2n) is 8.14. The van der Waals surface area contributed by atoms with Crippen molar-refractivity contribution in [3.8, 4) is 23.8 Å². The van der Waals surface area contributed by atoms with Gasteiger partial charge in [-0.2, -0.15) is 0 Å². The van der Waals surface area contributed by atoms with Gasteiger partial charge in [0, 0.05) is 18.8 Å². The van der Waals surface area contributed by atoms with Crippen LogP contribution in [-0.4, -0.2) is 28.8 Å². The summed E-state index contributed by atoms with van der Waals surface area (Å²) in [7, 11) is 3.30. The molecule has 0 unspecified atom stereocenters. The van der Waals surface area contributed by atoms with Crippen molar-refractivity contribution >= 4 is 16.9 Å². The number of ether oxygens (including phenoxy) is 2. The minimum absolute atomic E-state index is 0.194. The zero-order valence-corrected chi connectivity index (χ0v) is 19.9. The summed E-state index contributed by atoms with van der Waals surface area (Å²) in [6, 6.07) is 15.9. The third-order valence-corrected chi connectivity index (χ3v) is 5.99. The number of methoxy groups -OCH3 is 2. The van der Waals surface area contributed by atoms with Crippen LogP contribution >= 0.6 is 0 Å². The van der Waals surface area contributed by atoms with Gasteiger partial charge in [-0.15, -0.1) is 6.42 Å². The predicted molar refractivity (Wildman–Crippen MR) is 135 cm³/mol. The molecule has 0 aliphatic heterocycles. The number of H-pyrrole nitrogens is 1. The number of hydrogen-bond acceptors (Lipinski definition) is 5. The van der Waals surface area contributed by atoms with Crippen LogP contribution in [0.3, 0.4) is 0 Å². The van der Waals surface area contributed by atoms with E-state index >= 15 is 0 Å². The minimum Gasteiger partial charge on any atom is -0.497 e. The Morgan fingerprint density at radius 2 is 1.50 bits per heavy atom. The van der Waals surface area contributed by atoms with Crippen LogP contribution < -0.4 is 20.1 Å². The quantitative estimate of drug-likeness (QED) is 0.403. The molecule has 0 bridgehead atoms. The summed E-state index contributed by atoms with van der Waals surface area (Å²) in [6.45, 7) is 5.28. The highest BCUT2D eigenvalue weighted by molar-refractivity contribution is 5.89. The Kier molecular flexibility index (Phi) is 6.60. The summed E-state index contributed by atoms with van der Waals surface area (Å²) in [5.41, 5.74) is 5.20. The molecule has 0 amide bonds. The highest BCUT2D eigenvalue weighted by Crippen LogP contribution is 2.30. The number of fused-ring (bicyclic) bond motifs is 1. The number of nitrogens with one attached hydrogen (secondary N) is 1. The monoisotopic (exact) mass is 456 g/mol. The molecule has 0 saturated heterocycles. The zero-order valence-electron chi connectivity index (χ0n) is 19.9. The van der Waals surface area contributed by atoms with Gasteiger partial charge < -0.3 is 19.4 Å². The Hall–Kier alpha value is -4.18. The number of imidazole rings is 1. The number of terminal acetylenes is 1. The highest BCUT2D eigenvalue weighted by Gasteiger charge is 2.21. The maximum absolute atomic E-state index is 12.8. The average molecular weight is 457 g/mol. The van der Waals surface area contributed by atoms with Crippen molar-refractivity contribution in [2.75, 3.05) is 19.1 Å². The molecule has 7 nitrogen and oxygen atoms in total. The lowest BCUT2D eigenvalue weighted by atomic mass is 10.1. The Bertz CT molecular complexity index is 1340. The molecule has 0 spiro atoms. The number of aromatic amines is 1. The number of pyridine rings is 1. The molecular formula is C27H28N4O3. The Balaban J connectivity index is 1.84. The second kappa shape index (κ2) is 9.75. The molecule has 174 valence electrons. The largest absolute Gasteiger partial charge is 0.497 e. The maximum Gasteiger partial charge on any atom is 0.327 e. The van der Waals surface area contributed by atoms with Gasteiger partial charge in [-0.1, -0.05) is 30.2 Å². The smallest absolute Gasteiger partial charge is 0.327 e.